The summed E-state index contributed by atoms with van der Waals surface area (Å²) in [4.78, 5) is 15.0. The molecule has 0 unspecified atom stereocenters. The van der Waals surface area contributed by atoms with Crippen LogP contribution in [0.3, 0.4) is 0 Å². The van der Waals surface area contributed by atoms with Crippen LogP contribution in [0.5, 0.6) is 5.75 Å². The molecule has 0 spiro atoms. The number of fused-ring (bicyclic) bond motifs is 1. The number of amides is 1. The Hall–Kier alpha value is -1.51. The van der Waals surface area contributed by atoms with E-state index in [-0.39, 0.29) is 5.41 Å². The van der Waals surface area contributed by atoms with Gasteiger partial charge in [-0.3, -0.25) is 4.79 Å². The molecule has 1 heterocycles. The molecule has 0 N–H and O–H groups in total. The number of hydrogen-bond acceptors (Lipinski definition) is 2. The summed E-state index contributed by atoms with van der Waals surface area (Å²) >= 11 is 0. The molecule has 1 aromatic carbocycles. The van der Waals surface area contributed by atoms with Crippen LogP contribution >= 0.6 is 0 Å². The van der Waals surface area contributed by atoms with Crippen molar-refractivity contribution in [1.82, 2.24) is 4.90 Å². The van der Waals surface area contributed by atoms with Crippen LogP contribution in [0.15, 0.2) is 24.3 Å². The molecule has 25 heavy (non-hydrogen) atoms. The van der Waals surface area contributed by atoms with Crippen molar-refractivity contribution in [1.29, 1.82) is 0 Å². The highest BCUT2D eigenvalue weighted by Gasteiger charge is 2.45. The van der Waals surface area contributed by atoms with Crippen molar-refractivity contribution in [3.63, 3.8) is 0 Å². The minimum atomic E-state index is 0.155. The lowest BCUT2D eigenvalue weighted by Gasteiger charge is -2.43. The van der Waals surface area contributed by atoms with Gasteiger partial charge in [-0.1, -0.05) is 38.3 Å². The van der Waals surface area contributed by atoms with Gasteiger partial charge in [0.1, 0.15) is 5.75 Å². The van der Waals surface area contributed by atoms with E-state index in [0.717, 1.165) is 44.5 Å². The Kier molecular flexibility index (Phi) is 6.03. The van der Waals surface area contributed by atoms with Gasteiger partial charge in [0.2, 0.25) is 5.91 Å². The number of nitrogens with zero attached hydrogens (tertiary/aromatic N) is 1. The van der Waals surface area contributed by atoms with E-state index in [1.54, 1.807) is 0 Å². The molecule has 1 saturated heterocycles. The number of rotatable bonds is 6. The van der Waals surface area contributed by atoms with Crippen molar-refractivity contribution in [2.24, 2.45) is 5.92 Å². The molecule has 1 aromatic rings. The minimum absolute atomic E-state index is 0.155. The smallest absolute Gasteiger partial charge is 0.222 e. The number of benzene rings is 1. The van der Waals surface area contributed by atoms with Crippen molar-refractivity contribution < 1.29 is 9.53 Å². The Bertz CT molecular complexity index is 585. The Balaban J connectivity index is 1.90. The summed E-state index contributed by atoms with van der Waals surface area (Å²) in [6, 6.07) is 8.69. The Morgan fingerprint density at radius 2 is 2.12 bits per heavy atom. The molecule has 2 fully saturated rings. The van der Waals surface area contributed by atoms with E-state index < -0.39 is 0 Å². The van der Waals surface area contributed by atoms with Crippen molar-refractivity contribution >= 4 is 5.91 Å². The zero-order valence-electron chi connectivity index (χ0n) is 15.9. The summed E-state index contributed by atoms with van der Waals surface area (Å²) in [5, 5.41) is 0. The van der Waals surface area contributed by atoms with Gasteiger partial charge < -0.3 is 9.64 Å². The topological polar surface area (TPSA) is 29.5 Å². The van der Waals surface area contributed by atoms with E-state index in [9.17, 15) is 4.79 Å². The largest absolute Gasteiger partial charge is 0.494 e. The molecule has 3 heteroatoms. The second-order valence-corrected chi connectivity index (χ2v) is 7.75. The van der Waals surface area contributed by atoms with Crippen molar-refractivity contribution in [3.8, 4) is 5.75 Å². The van der Waals surface area contributed by atoms with Gasteiger partial charge in [0, 0.05) is 24.9 Å². The molecule has 2 aliphatic rings. The quantitative estimate of drug-likeness (QED) is 0.732. The van der Waals surface area contributed by atoms with Gasteiger partial charge in [-0.05, 0) is 56.2 Å². The normalized spacial score (nSPS) is 26.9. The first-order valence-corrected chi connectivity index (χ1v) is 10.2. The highest BCUT2D eigenvalue weighted by Crippen LogP contribution is 2.50. The van der Waals surface area contributed by atoms with Crippen LogP contribution in [-0.2, 0) is 10.2 Å². The van der Waals surface area contributed by atoms with Gasteiger partial charge in [0.05, 0.1) is 6.61 Å². The number of hydrogen-bond donors (Lipinski definition) is 0. The van der Waals surface area contributed by atoms with Gasteiger partial charge in [-0.15, -0.1) is 0 Å². The Morgan fingerprint density at radius 1 is 1.24 bits per heavy atom. The van der Waals surface area contributed by atoms with Crippen LogP contribution in [0.4, 0.5) is 0 Å². The maximum Gasteiger partial charge on any atom is 0.222 e. The SMILES string of the molecule is CCCCN1CC[C@]2(c3cccc(OCC)c3)CCCC[C@H]2CC1=O. The van der Waals surface area contributed by atoms with Gasteiger partial charge in [-0.2, -0.15) is 0 Å². The second kappa shape index (κ2) is 8.25. The lowest BCUT2D eigenvalue weighted by atomic mass is 9.60. The van der Waals surface area contributed by atoms with Crippen molar-refractivity contribution in [3.05, 3.63) is 29.8 Å². The lowest BCUT2D eigenvalue weighted by Crippen LogP contribution is -2.38. The number of likely N-dealkylation sites (tertiary alicyclic amines) is 1. The molecule has 138 valence electrons. The Morgan fingerprint density at radius 3 is 2.92 bits per heavy atom. The van der Waals surface area contributed by atoms with Crippen LogP contribution < -0.4 is 4.74 Å². The summed E-state index contributed by atoms with van der Waals surface area (Å²) in [6.45, 7) is 6.77. The number of unbranched alkanes of at least 4 members (excludes halogenated alkanes) is 1. The summed E-state index contributed by atoms with van der Waals surface area (Å²) in [5.41, 5.74) is 1.55. The molecule has 1 aliphatic heterocycles. The van der Waals surface area contributed by atoms with Crippen LogP contribution in [0.25, 0.3) is 0 Å². The van der Waals surface area contributed by atoms with Gasteiger partial charge in [0.25, 0.3) is 0 Å². The number of ether oxygens (including phenoxy) is 1. The van der Waals surface area contributed by atoms with E-state index in [1.165, 1.54) is 31.2 Å². The van der Waals surface area contributed by atoms with Crippen LogP contribution in [-0.4, -0.2) is 30.5 Å². The molecule has 3 rings (SSSR count). The van der Waals surface area contributed by atoms with E-state index in [1.807, 2.05) is 6.92 Å². The van der Waals surface area contributed by atoms with E-state index in [4.69, 9.17) is 4.74 Å². The third-order valence-corrected chi connectivity index (χ3v) is 6.31. The van der Waals surface area contributed by atoms with Gasteiger partial charge in [0.15, 0.2) is 0 Å². The monoisotopic (exact) mass is 343 g/mol. The van der Waals surface area contributed by atoms with Crippen LogP contribution in [0.2, 0.25) is 0 Å². The molecule has 1 amide bonds. The van der Waals surface area contributed by atoms with Crippen LogP contribution in [0.1, 0.15) is 70.8 Å². The molecule has 0 radical (unpaired) electrons. The van der Waals surface area contributed by atoms with E-state index >= 15 is 0 Å². The molecular weight excluding hydrogens is 310 g/mol. The third-order valence-electron chi connectivity index (χ3n) is 6.31. The first kappa shape index (κ1) is 18.3. The minimum Gasteiger partial charge on any atom is -0.494 e. The van der Waals surface area contributed by atoms with Crippen molar-refractivity contribution in [2.75, 3.05) is 19.7 Å². The zero-order chi connectivity index (χ0) is 17.7. The standard InChI is InChI=1S/C22H33NO2/c1-3-5-14-23-15-13-22(12-7-6-9-19(22)17-21(23)24)18-10-8-11-20(16-18)25-4-2/h8,10-11,16,19H,3-7,9,12-15,17H2,1-2H3/t19-,22-/m0/s1. The van der Waals surface area contributed by atoms with Gasteiger partial charge in [-0.25, -0.2) is 0 Å². The fourth-order valence-electron chi connectivity index (χ4n) is 4.91. The summed E-state index contributed by atoms with van der Waals surface area (Å²) < 4.78 is 5.76. The average molecular weight is 344 g/mol. The maximum absolute atomic E-state index is 12.8. The van der Waals surface area contributed by atoms with Gasteiger partial charge >= 0.3 is 0 Å². The number of carbonyl (C=O) groups excluding carboxylic acids is 1. The van der Waals surface area contributed by atoms with Crippen LogP contribution in [0, 0.1) is 5.92 Å². The first-order chi connectivity index (χ1) is 12.2. The first-order valence-electron chi connectivity index (χ1n) is 10.2. The van der Waals surface area contributed by atoms with Crippen molar-refractivity contribution in [2.45, 2.75) is 70.6 Å². The average Bonchev–Trinajstić information content (AvgIpc) is 2.77. The fraction of sp³-hybridized carbons (Fsp3) is 0.682. The molecule has 0 bridgehead atoms. The Labute approximate surface area is 152 Å². The summed E-state index contributed by atoms with van der Waals surface area (Å²) in [6.07, 6.45) is 9.02. The fourth-order valence-corrected chi connectivity index (χ4v) is 4.91. The summed E-state index contributed by atoms with van der Waals surface area (Å²) in [7, 11) is 0. The molecule has 2 atom stereocenters. The molecule has 1 aliphatic carbocycles. The van der Waals surface area contributed by atoms with E-state index in [0.29, 0.717) is 18.4 Å². The number of carbonyl (C=O) groups is 1. The second-order valence-electron chi connectivity index (χ2n) is 7.75. The lowest BCUT2D eigenvalue weighted by molar-refractivity contribution is -0.131. The molecular formula is C22H33NO2. The van der Waals surface area contributed by atoms with E-state index in [2.05, 4.69) is 36.1 Å². The predicted molar refractivity (Wildman–Crippen MR) is 102 cm³/mol. The molecule has 1 saturated carbocycles. The zero-order valence-corrected chi connectivity index (χ0v) is 15.9. The molecule has 0 aromatic heterocycles. The highest BCUT2D eigenvalue weighted by molar-refractivity contribution is 5.77. The predicted octanol–water partition coefficient (Wildman–Crippen LogP) is 4.94. The maximum atomic E-state index is 12.8. The highest BCUT2D eigenvalue weighted by atomic mass is 16.5. The molecule has 3 nitrogen and oxygen atoms in total. The summed E-state index contributed by atoms with van der Waals surface area (Å²) in [5.74, 6) is 1.83. The third kappa shape index (κ3) is 3.86.